The number of pyridine rings is 2. The number of fused-ring (bicyclic) bond motifs is 4. The Labute approximate surface area is 197 Å². The topological polar surface area (TPSA) is 82.6 Å². The van der Waals surface area contributed by atoms with Crippen molar-refractivity contribution in [1.82, 2.24) is 30.2 Å². The van der Waals surface area contributed by atoms with E-state index in [1.165, 1.54) is 35.8 Å². The van der Waals surface area contributed by atoms with Gasteiger partial charge in [0.2, 0.25) is 0 Å². The lowest BCUT2D eigenvalue weighted by atomic mass is 9.79. The summed E-state index contributed by atoms with van der Waals surface area (Å²) >= 11 is 0. The molecule has 0 radical (unpaired) electrons. The minimum Gasteiger partial charge on any atom is -0.353 e. The van der Waals surface area contributed by atoms with Gasteiger partial charge in [-0.1, -0.05) is 18.1 Å². The molecule has 4 aromatic heterocycles. The molecule has 34 heavy (non-hydrogen) atoms. The van der Waals surface area contributed by atoms with Crippen molar-refractivity contribution >= 4 is 38.7 Å². The number of benzene rings is 1. The second-order valence-corrected chi connectivity index (χ2v) is 9.61. The van der Waals surface area contributed by atoms with E-state index < -0.39 is 0 Å². The Morgan fingerprint density at radius 3 is 2.71 bits per heavy atom. The number of H-pyrrole nitrogens is 1. The maximum atomic E-state index is 5.27. The fourth-order valence-electron chi connectivity index (χ4n) is 5.46. The van der Waals surface area contributed by atoms with Gasteiger partial charge in [0.25, 0.3) is 0 Å². The van der Waals surface area contributed by atoms with Gasteiger partial charge in [-0.25, -0.2) is 15.0 Å². The Morgan fingerprint density at radius 1 is 1.00 bits per heavy atom. The third kappa shape index (κ3) is 3.07. The standard InChI is InChI=1S/C27H27N7/c1-16-5-6-21-19(13-16)23-18(7-8-30-26(23)31-21)25-32-22-15-29-14-20(17-3-2-4-17)24(22)27(33-25)34-11-9-28-10-12-34/h5-8,13-15,17,28H,2-4,9-12H2,1H3,(H,30,31). The molecule has 2 fully saturated rings. The first-order chi connectivity index (χ1) is 16.8. The summed E-state index contributed by atoms with van der Waals surface area (Å²) in [7, 11) is 0. The van der Waals surface area contributed by atoms with E-state index in [1.807, 2.05) is 24.7 Å². The molecule has 2 N–H and O–H groups in total. The SMILES string of the molecule is Cc1ccc2[nH]c3nccc(-c4nc(N5CCNCC5)c5c(C6CCC6)cncc5n4)c3c2c1. The third-order valence-corrected chi connectivity index (χ3v) is 7.47. The summed E-state index contributed by atoms with van der Waals surface area (Å²) in [4.78, 5) is 25.5. The normalized spacial score (nSPS) is 17.0. The molecule has 5 aromatic rings. The van der Waals surface area contributed by atoms with Crippen molar-refractivity contribution in [3.63, 3.8) is 0 Å². The first-order valence-corrected chi connectivity index (χ1v) is 12.2. The number of rotatable bonds is 3. The fourth-order valence-corrected chi connectivity index (χ4v) is 5.46. The number of hydrogen-bond acceptors (Lipinski definition) is 6. The van der Waals surface area contributed by atoms with E-state index in [2.05, 4.69) is 50.3 Å². The smallest absolute Gasteiger partial charge is 0.163 e. The number of anilines is 1. The summed E-state index contributed by atoms with van der Waals surface area (Å²) in [6, 6.07) is 8.51. The largest absolute Gasteiger partial charge is 0.353 e. The van der Waals surface area contributed by atoms with Crippen molar-refractivity contribution in [2.45, 2.75) is 32.1 Å². The highest BCUT2D eigenvalue weighted by Crippen LogP contribution is 2.42. The summed E-state index contributed by atoms with van der Waals surface area (Å²) in [5.41, 5.74) is 6.42. The Balaban J connectivity index is 1.51. The highest BCUT2D eigenvalue weighted by Gasteiger charge is 2.27. The van der Waals surface area contributed by atoms with Crippen LogP contribution in [-0.4, -0.2) is 51.1 Å². The second kappa shape index (κ2) is 7.74. The van der Waals surface area contributed by atoms with Gasteiger partial charge in [-0.15, -0.1) is 0 Å². The molecule has 1 aliphatic heterocycles. The summed E-state index contributed by atoms with van der Waals surface area (Å²) in [6.45, 7) is 5.93. The Morgan fingerprint density at radius 2 is 1.88 bits per heavy atom. The van der Waals surface area contributed by atoms with E-state index >= 15 is 0 Å². The highest BCUT2D eigenvalue weighted by atomic mass is 15.2. The Kier molecular flexibility index (Phi) is 4.52. The zero-order chi connectivity index (χ0) is 22.6. The van der Waals surface area contributed by atoms with Crippen molar-refractivity contribution in [3.05, 3.63) is 54.0 Å². The van der Waals surface area contributed by atoms with Gasteiger partial charge >= 0.3 is 0 Å². The van der Waals surface area contributed by atoms with Crippen LogP contribution in [0, 0.1) is 6.92 Å². The fraction of sp³-hybridized carbons (Fsp3) is 0.333. The maximum Gasteiger partial charge on any atom is 0.163 e. The van der Waals surface area contributed by atoms with Crippen LogP contribution in [0.3, 0.4) is 0 Å². The van der Waals surface area contributed by atoms with Gasteiger partial charge in [-0.3, -0.25) is 4.98 Å². The van der Waals surface area contributed by atoms with Gasteiger partial charge in [0.1, 0.15) is 11.5 Å². The van der Waals surface area contributed by atoms with E-state index in [9.17, 15) is 0 Å². The number of nitrogens with one attached hydrogen (secondary N) is 2. The van der Waals surface area contributed by atoms with Crippen molar-refractivity contribution in [3.8, 4) is 11.4 Å². The lowest BCUT2D eigenvalue weighted by Crippen LogP contribution is -2.44. The number of piperazine rings is 1. The molecule has 170 valence electrons. The monoisotopic (exact) mass is 449 g/mol. The van der Waals surface area contributed by atoms with Crippen LogP contribution < -0.4 is 10.2 Å². The summed E-state index contributed by atoms with van der Waals surface area (Å²) in [5, 5.41) is 6.90. The molecule has 1 saturated heterocycles. The van der Waals surface area contributed by atoms with Crippen molar-refractivity contribution in [1.29, 1.82) is 0 Å². The molecule has 7 heteroatoms. The minimum absolute atomic E-state index is 0.566. The number of aryl methyl sites for hydroxylation is 1. The molecular weight excluding hydrogens is 422 g/mol. The zero-order valence-corrected chi connectivity index (χ0v) is 19.3. The molecule has 1 aromatic carbocycles. The number of hydrogen-bond donors (Lipinski definition) is 2. The summed E-state index contributed by atoms with van der Waals surface area (Å²) < 4.78 is 0. The van der Waals surface area contributed by atoms with Crippen LogP contribution in [-0.2, 0) is 0 Å². The van der Waals surface area contributed by atoms with E-state index in [-0.39, 0.29) is 0 Å². The molecule has 0 spiro atoms. The molecule has 0 atom stereocenters. The van der Waals surface area contributed by atoms with Crippen LogP contribution in [0.1, 0.15) is 36.3 Å². The first kappa shape index (κ1) is 19.9. The van der Waals surface area contributed by atoms with Crippen molar-refractivity contribution in [2.75, 3.05) is 31.1 Å². The van der Waals surface area contributed by atoms with Gasteiger partial charge in [0.05, 0.1) is 11.7 Å². The van der Waals surface area contributed by atoms with Crippen molar-refractivity contribution < 1.29 is 0 Å². The predicted molar refractivity (Wildman–Crippen MR) is 136 cm³/mol. The zero-order valence-electron chi connectivity index (χ0n) is 19.3. The first-order valence-electron chi connectivity index (χ1n) is 12.2. The number of aromatic amines is 1. The lowest BCUT2D eigenvalue weighted by molar-refractivity contribution is 0.421. The van der Waals surface area contributed by atoms with Crippen LogP contribution in [0.4, 0.5) is 5.82 Å². The second-order valence-electron chi connectivity index (χ2n) is 9.61. The molecule has 7 nitrogen and oxygen atoms in total. The van der Waals surface area contributed by atoms with E-state index in [1.54, 1.807) is 0 Å². The van der Waals surface area contributed by atoms with Crippen molar-refractivity contribution in [2.24, 2.45) is 0 Å². The third-order valence-electron chi connectivity index (χ3n) is 7.47. The van der Waals surface area contributed by atoms with Crippen LogP contribution in [0.2, 0.25) is 0 Å². The summed E-state index contributed by atoms with van der Waals surface area (Å²) in [5.74, 6) is 2.35. The van der Waals surface area contributed by atoms with Gasteiger partial charge in [-0.05, 0) is 49.4 Å². The van der Waals surface area contributed by atoms with E-state index in [0.29, 0.717) is 5.92 Å². The lowest BCUT2D eigenvalue weighted by Gasteiger charge is -2.32. The average molecular weight is 450 g/mol. The molecule has 0 amide bonds. The number of nitrogens with zero attached hydrogens (tertiary/aromatic N) is 5. The Hall–Kier alpha value is -3.58. The molecule has 0 bridgehead atoms. The van der Waals surface area contributed by atoms with E-state index in [4.69, 9.17) is 9.97 Å². The molecule has 5 heterocycles. The van der Waals surface area contributed by atoms with E-state index in [0.717, 1.165) is 70.8 Å². The predicted octanol–water partition coefficient (Wildman–Crippen LogP) is 4.71. The maximum absolute atomic E-state index is 5.27. The molecule has 0 unspecified atom stereocenters. The molecule has 2 aliphatic rings. The van der Waals surface area contributed by atoms with Crippen LogP contribution in [0.15, 0.2) is 42.9 Å². The van der Waals surface area contributed by atoms with Gasteiger partial charge < -0.3 is 15.2 Å². The van der Waals surface area contributed by atoms with Crippen LogP contribution in [0.25, 0.3) is 44.2 Å². The average Bonchev–Trinajstić information content (AvgIpc) is 3.21. The summed E-state index contributed by atoms with van der Waals surface area (Å²) in [6.07, 6.45) is 9.55. The Bertz CT molecular complexity index is 1540. The number of aromatic nitrogens is 5. The molecular formula is C27H27N7. The quantitative estimate of drug-likeness (QED) is 0.415. The molecule has 1 aliphatic carbocycles. The highest BCUT2D eigenvalue weighted by molar-refractivity contribution is 6.12. The molecule has 1 saturated carbocycles. The van der Waals surface area contributed by atoms with Gasteiger partial charge in [0.15, 0.2) is 5.82 Å². The molecule has 7 rings (SSSR count). The van der Waals surface area contributed by atoms with Gasteiger partial charge in [-0.2, -0.15) is 0 Å². The van der Waals surface area contributed by atoms with Crippen LogP contribution >= 0.6 is 0 Å². The minimum atomic E-state index is 0.566. The van der Waals surface area contributed by atoms with Gasteiger partial charge in [0, 0.05) is 65.8 Å². The van der Waals surface area contributed by atoms with Crippen LogP contribution in [0.5, 0.6) is 0 Å².